The van der Waals surface area contributed by atoms with E-state index in [0.717, 1.165) is 33.6 Å². The zero-order valence-electron chi connectivity index (χ0n) is 20.5. The molecule has 2 atom stereocenters. The van der Waals surface area contributed by atoms with E-state index in [2.05, 4.69) is 24.3 Å². The van der Waals surface area contributed by atoms with Crippen LogP contribution in [0.3, 0.4) is 0 Å². The van der Waals surface area contributed by atoms with E-state index in [9.17, 15) is 9.59 Å². The van der Waals surface area contributed by atoms with Gasteiger partial charge in [0, 0.05) is 25.5 Å². The predicted octanol–water partition coefficient (Wildman–Crippen LogP) is 5.30. The highest BCUT2D eigenvalue weighted by atomic mass is 16.2. The fraction of sp³-hybridized carbons (Fsp3) is 0.188. The highest BCUT2D eigenvalue weighted by Crippen LogP contribution is 2.60. The van der Waals surface area contributed by atoms with Crippen LogP contribution in [0.15, 0.2) is 109 Å². The summed E-state index contributed by atoms with van der Waals surface area (Å²) in [7, 11) is 3.67. The van der Waals surface area contributed by atoms with Gasteiger partial charge in [-0.3, -0.25) is 9.59 Å². The molecular weight excluding hydrogens is 444 g/mol. The molecule has 4 aromatic carbocycles. The average Bonchev–Trinajstić information content (AvgIpc) is 3.27. The number of anilines is 2. The second kappa shape index (κ2) is 8.20. The van der Waals surface area contributed by atoms with E-state index in [1.54, 1.807) is 9.80 Å². The lowest BCUT2D eigenvalue weighted by molar-refractivity contribution is -0.134. The summed E-state index contributed by atoms with van der Waals surface area (Å²) in [6.45, 7) is 0. The summed E-state index contributed by atoms with van der Waals surface area (Å²) in [5.41, 5.74) is 3.38. The van der Waals surface area contributed by atoms with E-state index in [1.807, 2.05) is 99.0 Å². The molecule has 2 aliphatic heterocycles. The molecule has 0 aromatic heterocycles. The minimum atomic E-state index is -1.12. The Morgan fingerprint density at radius 1 is 0.500 bits per heavy atom. The van der Waals surface area contributed by atoms with Crippen LogP contribution in [0.2, 0.25) is 0 Å². The number of benzene rings is 4. The van der Waals surface area contributed by atoms with E-state index in [-0.39, 0.29) is 11.8 Å². The standard InChI is InChI=1S/C32H28N2O2/c1-33-27-19-11-9-17-25(27)31(29(33)35,21-23-13-5-3-6-14-23)32(22-24-15-7-4-8-16-24)26-18-10-12-20-28(26)34(2)30(32)36/h3-20H,21-22H2,1-2H3. The van der Waals surface area contributed by atoms with Crippen LogP contribution in [-0.4, -0.2) is 25.9 Å². The van der Waals surface area contributed by atoms with Crippen LogP contribution in [0.1, 0.15) is 22.3 Å². The lowest BCUT2D eigenvalue weighted by atomic mass is 9.53. The quantitative estimate of drug-likeness (QED) is 0.395. The molecule has 6 rings (SSSR count). The van der Waals surface area contributed by atoms with Crippen LogP contribution in [-0.2, 0) is 33.3 Å². The topological polar surface area (TPSA) is 40.6 Å². The van der Waals surface area contributed by atoms with Crippen molar-refractivity contribution >= 4 is 23.2 Å². The van der Waals surface area contributed by atoms with Gasteiger partial charge in [0.05, 0.1) is 10.8 Å². The molecular formula is C32H28N2O2. The summed E-state index contributed by atoms with van der Waals surface area (Å²) >= 11 is 0. The lowest BCUT2D eigenvalue weighted by Gasteiger charge is -2.45. The Kier molecular flexibility index (Phi) is 5.08. The van der Waals surface area contributed by atoms with Gasteiger partial charge in [-0.2, -0.15) is 0 Å². The molecule has 2 heterocycles. The third kappa shape index (κ3) is 2.87. The molecule has 2 aliphatic rings. The zero-order chi connectivity index (χ0) is 24.9. The van der Waals surface area contributed by atoms with Crippen LogP contribution < -0.4 is 9.80 Å². The van der Waals surface area contributed by atoms with Crippen molar-refractivity contribution in [3.05, 3.63) is 131 Å². The monoisotopic (exact) mass is 472 g/mol. The van der Waals surface area contributed by atoms with Gasteiger partial charge in [0.1, 0.15) is 0 Å². The van der Waals surface area contributed by atoms with Gasteiger partial charge in [0.2, 0.25) is 11.8 Å². The van der Waals surface area contributed by atoms with Gasteiger partial charge in [-0.25, -0.2) is 0 Å². The van der Waals surface area contributed by atoms with E-state index >= 15 is 0 Å². The summed E-state index contributed by atoms with van der Waals surface area (Å²) in [6, 6.07) is 36.1. The van der Waals surface area contributed by atoms with Crippen LogP contribution >= 0.6 is 0 Å². The molecule has 4 heteroatoms. The Labute approximate surface area is 211 Å². The van der Waals surface area contributed by atoms with E-state index in [0.29, 0.717) is 12.8 Å². The third-order valence-electron chi connectivity index (χ3n) is 8.14. The minimum Gasteiger partial charge on any atom is -0.314 e. The summed E-state index contributed by atoms with van der Waals surface area (Å²) < 4.78 is 0. The number of likely N-dealkylation sites (N-methyl/N-ethyl adjacent to an activating group) is 2. The first-order valence-electron chi connectivity index (χ1n) is 12.3. The molecule has 0 aliphatic carbocycles. The number of hydrogen-bond donors (Lipinski definition) is 0. The Morgan fingerprint density at radius 3 is 1.22 bits per heavy atom. The van der Waals surface area contributed by atoms with E-state index in [1.165, 1.54) is 0 Å². The predicted molar refractivity (Wildman–Crippen MR) is 143 cm³/mol. The van der Waals surface area contributed by atoms with Gasteiger partial charge < -0.3 is 9.80 Å². The average molecular weight is 473 g/mol. The Morgan fingerprint density at radius 2 is 0.833 bits per heavy atom. The third-order valence-corrected chi connectivity index (χ3v) is 8.14. The molecule has 0 N–H and O–H groups in total. The Bertz CT molecular complexity index is 1350. The van der Waals surface area contributed by atoms with Gasteiger partial charge in [0.15, 0.2) is 0 Å². The number of nitrogens with zero attached hydrogens (tertiary/aromatic N) is 2. The van der Waals surface area contributed by atoms with Crippen molar-refractivity contribution in [2.24, 2.45) is 0 Å². The molecule has 178 valence electrons. The zero-order valence-corrected chi connectivity index (χ0v) is 20.5. The van der Waals surface area contributed by atoms with Crippen molar-refractivity contribution in [2.75, 3.05) is 23.9 Å². The number of carbonyl (C=O) groups is 2. The fourth-order valence-electron chi connectivity index (χ4n) is 6.55. The maximum absolute atomic E-state index is 14.7. The van der Waals surface area contributed by atoms with Crippen molar-refractivity contribution < 1.29 is 9.59 Å². The fourth-order valence-corrected chi connectivity index (χ4v) is 6.55. The van der Waals surface area contributed by atoms with Crippen LogP contribution in [0.25, 0.3) is 0 Å². The maximum Gasteiger partial charge on any atom is 0.239 e. The summed E-state index contributed by atoms with van der Waals surface area (Å²) in [5, 5.41) is 0. The molecule has 0 bridgehead atoms. The first-order valence-corrected chi connectivity index (χ1v) is 12.3. The molecule has 36 heavy (non-hydrogen) atoms. The number of para-hydroxylation sites is 2. The van der Waals surface area contributed by atoms with Gasteiger partial charge >= 0.3 is 0 Å². The first-order chi connectivity index (χ1) is 17.5. The molecule has 0 fully saturated rings. The first kappa shape index (κ1) is 22.3. The Balaban J connectivity index is 1.73. The number of hydrogen-bond acceptors (Lipinski definition) is 2. The van der Waals surface area contributed by atoms with E-state index in [4.69, 9.17) is 0 Å². The second-order valence-corrected chi connectivity index (χ2v) is 9.90. The molecule has 4 nitrogen and oxygen atoms in total. The SMILES string of the molecule is CN1C(=O)C(Cc2ccccc2)(C2(Cc3ccccc3)C(=O)N(C)c3ccccc32)c2ccccc21. The Hall–Kier alpha value is -4.18. The number of amides is 2. The maximum atomic E-state index is 14.7. The largest absolute Gasteiger partial charge is 0.314 e. The van der Waals surface area contributed by atoms with Crippen LogP contribution in [0.4, 0.5) is 11.4 Å². The number of rotatable bonds is 5. The highest BCUT2D eigenvalue weighted by Gasteiger charge is 2.69. The van der Waals surface area contributed by atoms with Crippen molar-refractivity contribution in [3.63, 3.8) is 0 Å². The van der Waals surface area contributed by atoms with Crippen molar-refractivity contribution in [1.82, 2.24) is 0 Å². The van der Waals surface area contributed by atoms with Crippen molar-refractivity contribution in [2.45, 2.75) is 23.7 Å². The molecule has 0 radical (unpaired) electrons. The van der Waals surface area contributed by atoms with Crippen molar-refractivity contribution in [1.29, 1.82) is 0 Å². The lowest BCUT2D eigenvalue weighted by Crippen LogP contribution is -2.61. The van der Waals surface area contributed by atoms with Crippen molar-refractivity contribution in [3.8, 4) is 0 Å². The molecule has 2 unspecified atom stereocenters. The van der Waals surface area contributed by atoms with Gasteiger partial charge in [-0.15, -0.1) is 0 Å². The second-order valence-electron chi connectivity index (χ2n) is 9.90. The normalized spacial score (nSPS) is 22.6. The van der Waals surface area contributed by atoms with Gasteiger partial charge in [-0.05, 0) is 47.2 Å². The molecule has 4 aromatic rings. The summed E-state index contributed by atoms with van der Waals surface area (Å²) in [5.74, 6) is -0.0797. The van der Waals surface area contributed by atoms with Crippen LogP contribution in [0.5, 0.6) is 0 Å². The highest BCUT2D eigenvalue weighted by molar-refractivity contribution is 6.18. The smallest absolute Gasteiger partial charge is 0.239 e. The molecule has 0 saturated heterocycles. The number of fused-ring (bicyclic) bond motifs is 2. The van der Waals surface area contributed by atoms with E-state index < -0.39 is 10.8 Å². The molecule has 2 amide bonds. The van der Waals surface area contributed by atoms with Gasteiger partial charge in [-0.1, -0.05) is 97.1 Å². The minimum absolute atomic E-state index is 0.0399. The van der Waals surface area contributed by atoms with Gasteiger partial charge in [0.25, 0.3) is 0 Å². The van der Waals surface area contributed by atoms with Crippen LogP contribution in [0, 0.1) is 0 Å². The summed E-state index contributed by atoms with van der Waals surface area (Å²) in [6.07, 6.45) is 0.851. The number of carbonyl (C=O) groups excluding carboxylic acids is 2. The molecule has 0 saturated carbocycles. The summed E-state index contributed by atoms with van der Waals surface area (Å²) in [4.78, 5) is 32.9. The molecule has 0 spiro atoms.